The standard InChI is InChI=1S/C25H20Cl2N2O2S2/c1-28(2)20-7-9-21(10-8-20)29-24(30)23(33-25(29)32)14-17-13-19(27)6-11-22(17)31-15-16-4-3-5-18(26)12-16/h3-14H,15H2,1-2H3/b23-14-. The molecule has 1 fully saturated rings. The van der Waals surface area contributed by atoms with E-state index in [1.54, 1.807) is 29.2 Å². The Morgan fingerprint density at radius 3 is 2.45 bits per heavy atom. The molecular formula is C25H20Cl2N2O2S2. The third kappa shape index (κ3) is 5.53. The van der Waals surface area contributed by atoms with Crippen LogP contribution in [0.5, 0.6) is 5.75 Å². The second kappa shape index (κ2) is 10.2. The van der Waals surface area contributed by atoms with E-state index in [0.717, 1.165) is 16.9 Å². The van der Waals surface area contributed by atoms with Gasteiger partial charge in [0, 0.05) is 35.4 Å². The normalized spacial score (nSPS) is 14.8. The maximum absolute atomic E-state index is 13.2. The number of hydrogen-bond donors (Lipinski definition) is 0. The molecule has 0 unspecified atom stereocenters. The summed E-state index contributed by atoms with van der Waals surface area (Å²) >= 11 is 19.1. The van der Waals surface area contributed by atoms with Crippen LogP contribution < -0.4 is 14.5 Å². The number of carbonyl (C=O) groups excluding carboxylic acids is 1. The Labute approximate surface area is 212 Å². The van der Waals surface area contributed by atoms with Crippen LogP contribution in [-0.4, -0.2) is 24.3 Å². The summed E-state index contributed by atoms with van der Waals surface area (Å²) < 4.78 is 6.50. The predicted molar refractivity (Wildman–Crippen MR) is 144 cm³/mol. The van der Waals surface area contributed by atoms with Crippen LogP contribution in [0.2, 0.25) is 10.0 Å². The summed E-state index contributed by atoms with van der Waals surface area (Å²) in [4.78, 5) is 17.3. The second-order valence-corrected chi connectivity index (χ2v) is 10.1. The highest BCUT2D eigenvalue weighted by atomic mass is 35.5. The highest BCUT2D eigenvalue weighted by Crippen LogP contribution is 2.38. The maximum Gasteiger partial charge on any atom is 0.270 e. The van der Waals surface area contributed by atoms with Crippen LogP contribution in [0.25, 0.3) is 6.08 Å². The van der Waals surface area contributed by atoms with E-state index in [0.29, 0.717) is 37.2 Å². The van der Waals surface area contributed by atoms with Crippen molar-refractivity contribution >= 4 is 74.9 Å². The highest BCUT2D eigenvalue weighted by Gasteiger charge is 2.33. The lowest BCUT2D eigenvalue weighted by molar-refractivity contribution is -0.113. The summed E-state index contributed by atoms with van der Waals surface area (Å²) in [5, 5.41) is 1.20. The van der Waals surface area contributed by atoms with Gasteiger partial charge in [0.15, 0.2) is 4.32 Å². The minimum absolute atomic E-state index is 0.177. The number of benzene rings is 3. The number of rotatable bonds is 6. The molecule has 3 aromatic rings. The molecule has 8 heteroatoms. The highest BCUT2D eigenvalue weighted by molar-refractivity contribution is 8.27. The molecule has 4 rings (SSSR count). The summed E-state index contributed by atoms with van der Waals surface area (Å²) in [5.41, 5.74) is 3.42. The van der Waals surface area contributed by atoms with E-state index in [-0.39, 0.29) is 5.91 Å². The van der Waals surface area contributed by atoms with Gasteiger partial charge in [-0.25, -0.2) is 0 Å². The molecule has 0 bridgehead atoms. The molecule has 4 nitrogen and oxygen atoms in total. The Bertz CT molecular complexity index is 1240. The van der Waals surface area contributed by atoms with Crippen LogP contribution in [-0.2, 0) is 11.4 Å². The SMILES string of the molecule is CN(C)c1ccc(N2C(=O)/C(=C/c3cc(Cl)ccc3OCc3cccc(Cl)c3)SC2=S)cc1. The third-order valence-corrected chi connectivity index (χ3v) is 6.73. The molecule has 0 aliphatic carbocycles. The van der Waals surface area contributed by atoms with Gasteiger partial charge in [-0.1, -0.05) is 59.3 Å². The van der Waals surface area contributed by atoms with Crippen molar-refractivity contribution < 1.29 is 9.53 Å². The van der Waals surface area contributed by atoms with Crippen LogP contribution in [0.4, 0.5) is 11.4 Å². The van der Waals surface area contributed by atoms with Gasteiger partial charge >= 0.3 is 0 Å². The molecule has 0 saturated carbocycles. The fourth-order valence-corrected chi connectivity index (χ4v) is 4.97. The average Bonchev–Trinajstić information content (AvgIpc) is 3.06. The average molecular weight is 515 g/mol. The molecule has 0 atom stereocenters. The number of thioether (sulfide) groups is 1. The van der Waals surface area contributed by atoms with E-state index in [2.05, 4.69) is 0 Å². The molecular weight excluding hydrogens is 495 g/mol. The molecule has 33 heavy (non-hydrogen) atoms. The molecule has 3 aromatic carbocycles. The molecule has 0 radical (unpaired) electrons. The van der Waals surface area contributed by atoms with Gasteiger partial charge in [0.25, 0.3) is 5.91 Å². The van der Waals surface area contributed by atoms with E-state index >= 15 is 0 Å². The predicted octanol–water partition coefficient (Wildman–Crippen LogP) is 7.04. The van der Waals surface area contributed by atoms with E-state index in [9.17, 15) is 4.79 Å². The van der Waals surface area contributed by atoms with E-state index in [4.69, 9.17) is 40.2 Å². The minimum atomic E-state index is -0.177. The van der Waals surface area contributed by atoms with Crippen molar-refractivity contribution in [2.75, 3.05) is 23.9 Å². The first-order valence-electron chi connectivity index (χ1n) is 10.0. The third-order valence-electron chi connectivity index (χ3n) is 4.96. The van der Waals surface area contributed by atoms with Crippen LogP contribution in [0.1, 0.15) is 11.1 Å². The first-order chi connectivity index (χ1) is 15.8. The van der Waals surface area contributed by atoms with Crippen molar-refractivity contribution in [2.24, 2.45) is 0 Å². The lowest BCUT2D eigenvalue weighted by Gasteiger charge is -2.17. The molecule has 0 spiro atoms. The Hall–Kier alpha value is -2.51. The van der Waals surface area contributed by atoms with Gasteiger partial charge in [-0.3, -0.25) is 9.69 Å². The lowest BCUT2D eigenvalue weighted by atomic mass is 10.1. The number of nitrogens with zero attached hydrogens (tertiary/aromatic N) is 2. The molecule has 0 aromatic heterocycles. The molecule has 1 saturated heterocycles. The van der Waals surface area contributed by atoms with Gasteiger partial charge < -0.3 is 9.64 Å². The summed E-state index contributed by atoms with van der Waals surface area (Å²) in [5.74, 6) is 0.434. The number of carbonyl (C=O) groups is 1. The largest absolute Gasteiger partial charge is 0.488 e. The van der Waals surface area contributed by atoms with Crippen molar-refractivity contribution in [3.8, 4) is 5.75 Å². The zero-order valence-electron chi connectivity index (χ0n) is 17.9. The number of ether oxygens (including phenoxy) is 1. The van der Waals surface area contributed by atoms with Gasteiger partial charge in [0.2, 0.25) is 0 Å². The summed E-state index contributed by atoms with van der Waals surface area (Å²) in [7, 11) is 3.93. The van der Waals surface area contributed by atoms with Gasteiger partial charge in [0.1, 0.15) is 12.4 Å². The van der Waals surface area contributed by atoms with Crippen LogP contribution >= 0.6 is 47.2 Å². The Kier molecular flexibility index (Phi) is 7.29. The van der Waals surface area contributed by atoms with Crippen molar-refractivity contribution in [2.45, 2.75) is 6.61 Å². The fourth-order valence-electron chi connectivity index (χ4n) is 3.28. The number of thiocarbonyl (C=S) groups is 1. The summed E-state index contributed by atoms with van der Waals surface area (Å²) in [6.07, 6.45) is 1.77. The van der Waals surface area contributed by atoms with Gasteiger partial charge in [-0.15, -0.1) is 0 Å². The molecule has 1 amide bonds. The quantitative estimate of drug-likeness (QED) is 0.260. The Morgan fingerprint density at radius 1 is 1.03 bits per heavy atom. The summed E-state index contributed by atoms with van der Waals surface area (Å²) in [6, 6.07) is 20.5. The van der Waals surface area contributed by atoms with Gasteiger partial charge in [-0.05, 0) is 66.2 Å². The van der Waals surface area contributed by atoms with Crippen LogP contribution in [0.3, 0.4) is 0 Å². The fraction of sp³-hybridized carbons (Fsp3) is 0.120. The topological polar surface area (TPSA) is 32.8 Å². The number of anilines is 2. The summed E-state index contributed by atoms with van der Waals surface area (Å²) in [6.45, 7) is 0.336. The number of hydrogen-bond acceptors (Lipinski definition) is 5. The maximum atomic E-state index is 13.2. The Balaban J connectivity index is 1.59. The molecule has 1 heterocycles. The van der Waals surface area contributed by atoms with Crippen molar-refractivity contribution in [1.29, 1.82) is 0 Å². The lowest BCUT2D eigenvalue weighted by Crippen LogP contribution is -2.27. The first-order valence-corrected chi connectivity index (χ1v) is 12.0. The number of halogens is 2. The van der Waals surface area contributed by atoms with Crippen molar-refractivity contribution in [3.05, 3.63) is 92.8 Å². The Morgan fingerprint density at radius 2 is 1.76 bits per heavy atom. The second-order valence-electron chi connectivity index (χ2n) is 7.53. The van der Waals surface area contributed by atoms with E-state index < -0.39 is 0 Å². The smallest absolute Gasteiger partial charge is 0.270 e. The van der Waals surface area contributed by atoms with E-state index in [1.807, 2.05) is 67.5 Å². The molecule has 1 aliphatic rings. The zero-order chi connectivity index (χ0) is 23.5. The number of amides is 1. The molecule has 168 valence electrons. The van der Waals surface area contributed by atoms with Gasteiger partial charge in [-0.2, -0.15) is 0 Å². The molecule has 0 N–H and O–H groups in total. The first kappa shape index (κ1) is 23.6. The van der Waals surface area contributed by atoms with Gasteiger partial charge in [0.05, 0.1) is 10.6 Å². The zero-order valence-corrected chi connectivity index (χ0v) is 21.1. The van der Waals surface area contributed by atoms with Crippen LogP contribution in [0, 0.1) is 0 Å². The van der Waals surface area contributed by atoms with Crippen LogP contribution in [0.15, 0.2) is 71.6 Å². The van der Waals surface area contributed by atoms with E-state index in [1.165, 1.54) is 11.8 Å². The minimum Gasteiger partial charge on any atom is -0.488 e. The molecule has 1 aliphatic heterocycles. The monoisotopic (exact) mass is 514 g/mol. The van der Waals surface area contributed by atoms with Crippen molar-refractivity contribution in [1.82, 2.24) is 0 Å². The van der Waals surface area contributed by atoms with Crippen molar-refractivity contribution in [3.63, 3.8) is 0 Å².